The molecule has 2 N–H and O–H groups in total. The molecule has 0 fully saturated rings. The molecule has 0 bridgehead atoms. The predicted octanol–water partition coefficient (Wildman–Crippen LogP) is 1.74. The molecule has 0 atom stereocenters. The first-order valence-corrected chi connectivity index (χ1v) is 5.23. The van der Waals surface area contributed by atoms with Crippen molar-refractivity contribution < 1.29 is 4.52 Å². The van der Waals surface area contributed by atoms with Gasteiger partial charge in [0.1, 0.15) is 12.0 Å². The minimum Gasteiger partial charge on any atom is -0.335 e. The standard InChI is InChI=1S/C12H10N4O/c13-5-8-1-3-9(4-2-8)11-10-6-14-7-15-12(10)17-16-11/h1-4,6-7H,5,13H2. The van der Waals surface area contributed by atoms with E-state index in [0.29, 0.717) is 12.3 Å². The van der Waals surface area contributed by atoms with Gasteiger partial charge in [0.2, 0.25) is 0 Å². The van der Waals surface area contributed by atoms with Crippen LogP contribution in [0.15, 0.2) is 41.3 Å². The van der Waals surface area contributed by atoms with Crippen LogP contribution in [0.25, 0.3) is 22.4 Å². The molecule has 0 saturated carbocycles. The number of hydrogen-bond donors (Lipinski definition) is 1. The van der Waals surface area contributed by atoms with E-state index in [2.05, 4.69) is 15.1 Å². The number of rotatable bonds is 2. The summed E-state index contributed by atoms with van der Waals surface area (Å²) < 4.78 is 5.13. The summed E-state index contributed by atoms with van der Waals surface area (Å²) >= 11 is 0. The summed E-state index contributed by atoms with van der Waals surface area (Å²) in [6.07, 6.45) is 3.14. The number of benzene rings is 1. The van der Waals surface area contributed by atoms with E-state index in [1.807, 2.05) is 24.3 Å². The van der Waals surface area contributed by atoms with Crippen LogP contribution in [0.4, 0.5) is 0 Å². The zero-order valence-electron chi connectivity index (χ0n) is 9.00. The zero-order valence-corrected chi connectivity index (χ0v) is 9.00. The van der Waals surface area contributed by atoms with E-state index < -0.39 is 0 Å². The normalized spacial score (nSPS) is 10.9. The highest BCUT2D eigenvalue weighted by Crippen LogP contribution is 2.25. The zero-order chi connectivity index (χ0) is 11.7. The van der Waals surface area contributed by atoms with Gasteiger partial charge in [-0.3, -0.25) is 0 Å². The third kappa shape index (κ3) is 1.66. The largest absolute Gasteiger partial charge is 0.335 e. The molecule has 5 nitrogen and oxygen atoms in total. The predicted molar refractivity (Wildman–Crippen MR) is 62.9 cm³/mol. The van der Waals surface area contributed by atoms with Gasteiger partial charge in [-0.25, -0.2) is 4.98 Å². The van der Waals surface area contributed by atoms with Crippen LogP contribution >= 0.6 is 0 Å². The summed E-state index contributed by atoms with van der Waals surface area (Å²) in [4.78, 5) is 7.97. The molecule has 0 aliphatic heterocycles. The monoisotopic (exact) mass is 226 g/mol. The average Bonchev–Trinajstić information content (AvgIpc) is 2.83. The SMILES string of the molecule is NCc1ccc(-c2noc3ncncc23)cc1. The Hall–Kier alpha value is -2.27. The van der Waals surface area contributed by atoms with Gasteiger partial charge in [0.25, 0.3) is 5.71 Å². The Balaban J connectivity index is 2.13. The molecule has 0 radical (unpaired) electrons. The summed E-state index contributed by atoms with van der Waals surface area (Å²) in [5.74, 6) is 0. The van der Waals surface area contributed by atoms with Gasteiger partial charge in [-0.15, -0.1) is 0 Å². The minimum atomic E-state index is 0.498. The van der Waals surface area contributed by atoms with E-state index in [1.165, 1.54) is 6.33 Å². The highest BCUT2D eigenvalue weighted by atomic mass is 16.5. The highest BCUT2D eigenvalue weighted by Gasteiger charge is 2.10. The van der Waals surface area contributed by atoms with Crippen molar-refractivity contribution in [2.45, 2.75) is 6.54 Å². The van der Waals surface area contributed by atoms with Crippen LogP contribution in [0, 0.1) is 0 Å². The van der Waals surface area contributed by atoms with E-state index in [4.69, 9.17) is 10.3 Å². The lowest BCUT2D eigenvalue weighted by Gasteiger charge is -1.98. The number of aromatic nitrogens is 3. The summed E-state index contributed by atoms with van der Waals surface area (Å²) in [5, 5.41) is 4.83. The van der Waals surface area contributed by atoms with Crippen LogP contribution in [0.1, 0.15) is 5.56 Å². The van der Waals surface area contributed by atoms with Crippen LogP contribution in [0.5, 0.6) is 0 Å². The van der Waals surface area contributed by atoms with Gasteiger partial charge in [-0.1, -0.05) is 29.4 Å². The molecule has 84 valence electrons. The summed E-state index contributed by atoms with van der Waals surface area (Å²) in [5.41, 5.74) is 8.86. The van der Waals surface area contributed by atoms with Gasteiger partial charge in [-0.2, -0.15) is 4.98 Å². The molecule has 0 spiro atoms. The van der Waals surface area contributed by atoms with E-state index in [-0.39, 0.29) is 0 Å². The lowest BCUT2D eigenvalue weighted by atomic mass is 10.1. The average molecular weight is 226 g/mol. The number of nitrogens with two attached hydrogens (primary N) is 1. The lowest BCUT2D eigenvalue weighted by Crippen LogP contribution is -1.95. The Morgan fingerprint density at radius 1 is 1.18 bits per heavy atom. The fraction of sp³-hybridized carbons (Fsp3) is 0.0833. The van der Waals surface area contributed by atoms with Gasteiger partial charge in [0.05, 0.1) is 5.39 Å². The Morgan fingerprint density at radius 3 is 2.76 bits per heavy atom. The molecule has 0 saturated heterocycles. The molecule has 2 aromatic heterocycles. The molecule has 3 rings (SSSR count). The van der Waals surface area contributed by atoms with Crippen molar-refractivity contribution in [3.05, 3.63) is 42.4 Å². The summed E-state index contributed by atoms with van der Waals surface area (Å²) in [6, 6.07) is 7.87. The quantitative estimate of drug-likeness (QED) is 0.720. The lowest BCUT2D eigenvalue weighted by molar-refractivity contribution is 0.451. The van der Waals surface area contributed by atoms with E-state index in [1.54, 1.807) is 6.20 Å². The molecular formula is C12H10N4O. The molecule has 1 aromatic carbocycles. The maximum atomic E-state index is 5.55. The second-order valence-electron chi connectivity index (χ2n) is 3.67. The molecule has 0 aliphatic carbocycles. The first-order chi connectivity index (χ1) is 8.38. The van der Waals surface area contributed by atoms with Crippen molar-refractivity contribution in [1.29, 1.82) is 0 Å². The molecule has 2 heterocycles. The van der Waals surface area contributed by atoms with Crippen molar-refractivity contribution in [1.82, 2.24) is 15.1 Å². The van der Waals surface area contributed by atoms with Crippen LogP contribution in [0.3, 0.4) is 0 Å². The topological polar surface area (TPSA) is 77.8 Å². The third-order valence-electron chi connectivity index (χ3n) is 2.62. The van der Waals surface area contributed by atoms with Crippen molar-refractivity contribution in [2.75, 3.05) is 0 Å². The van der Waals surface area contributed by atoms with Gasteiger partial charge >= 0.3 is 0 Å². The fourth-order valence-electron chi connectivity index (χ4n) is 1.70. The Bertz CT molecular complexity index is 645. The Kier molecular flexibility index (Phi) is 2.31. The number of fused-ring (bicyclic) bond motifs is 1. The summed E-state index contributed by atoms with van der Waals surface area (Å²) in [7, 11) is 0. The molecule has 0 aliphatic rings. The van der Waals surface area contributed by atoms with Crippen LogP contribution in [-0.4, -0.2) is 15.1 Å². The maximum absolute atomic E-state index is 5.55. The third-order valence-corrected chi connectivity index (χ3v) is 2.62. The first-order valence-electron chi connectivity index (χ1n) is 5.23. The molecule has 5 heteroatoms. The fourth-order valence-corrected chi connectivity index (χ4v) is 1.70. The maximum Gasteiger partial charge on any atom is 0.261 e. The summed E-state index contributed by atoms with van der Waals surface area (Å²) in [6.45, 7) is 0.531. The van der Waals surface area contributed by atoms with E-state index >= 15 is 0 Å². The molecule has 17 heavy (non-hydrogen) atoms. The van der Waals surface area contributed by atoms with Gasteiger partial charge in [0, 0.05) is 18.3 Å². The number of nitrogens with zero attached hydrogens (tertiary/aromatic N) is 3. The van der Waals surface area contributed by atoms with Crippen molar-refractivity contribution in [3.63, 3.8) is 0 Å². The van der Waals surface area contributed by atoms with Crippen LogP contribution in [0.2, 0.25) is 0 Å². The minimum absolute atomic E-state index is 0.498. The molecule has 0 unspecified atom stereocenters. The molecule has 3 aromatic rings. The Morgan fingerprint density at radius 2 is 2.00 bits per heavy atom. The van der Waals surface area contributed by atoms with Crippen molar-refractivity contribution in [2.24, 2.45) is 5.73 Å². The van der Waals surface area contributed by atoms with Gasteiger partial charge in [-0.05, 0) is 5.56 Å². The first kappa shape index (κ1) is 9.92. The Labute approximate surface area is 97.3 Å². The number of hydrogen-bond acceptors (Lipinski definition) is 5. The molecule has 0 amide bonds. The van der Waals surface area contributed by atoms with Gasteiger partial charge < -0.3 is 10.3 Å². The van der Waals surface area contributed by atoms with Crippen molar-refractivity contribution >= 4 is 11.1 Å². The van der Waals surface area contributed by atoms with Crippen LogP contribution in [-0.2, 0) is 6.54 Å². The van der Waals surface area contributed by atoms with Crippen LogP contribution < -0.4 is 5.73 Å². The van der Waals surface area contributed by atoms with E-state index in [0.717, 1.165) is 22.2 Å². The van der Waals surface area contributed by atoms with Gasteiger partial charge in [0.15, 0.2) is 0 Å². The van der Waals surface area contributed by atoms with Crippen molar-refractivity contribution in [3.8, 4) is 11.3 Å². The smallest absolute Gasteiger partial charge is 0.261 e. The molecular weight excluding hydrogens is 216 g/mol. The second-order valence-corrected chi connectivity index (χ2v) is 3.67. The second kappa shape index (κ2) is 3.95. The van der Waals surface area contributed by atoms with E-state index in [9.17, 15) is 0 Å². The highest BCUT2D eigenvalue weighted by molar-refractivity contribution is 5.88.